The zero-order chi connectivity index (χ0) is 17.2. The molecule has 0 aliphatic heterocycles. The zero-order valence-electron chi connectivity index (χ0n) is 12.9. The molecule has 1 atom stereocenters. The van der Waals surface area contributed by atoms with E-state index in [1.54, 1.807) is 48.8 Å². The molecule has 2 heterocycles. The van der Waals surface area contributed by atoms with Crippen molar-refractivity contribution in [3.8, 4) is 0 Å². The van der Waals surface area contributed by atoms with E-state index in [4.69, 9.17) is 16.0 Å². The summed E-state index contributed by atoms with van der Waals surface area (Å²) in [7, 11) is -3.66. The van der Waals surface area contributed by atoms with Gasteiger partial charge in [0, 0.05) is 16.4 Å². The quantitative estimate of drug-likeness (QED) is 0.687. The minimum atomic E-state index is -3.66. The van der Waals surface area contributed by atoms with Crippen LogP contribution < -0.4 is 4.72 Å². The second-order valence-corrected chi connectivity index (χ2v) is 8.42. The molecule has 0 aliphatic rings. The third-order valence-corrected chi connectivity index (χ3v) is 6.72. The Morgan fingerprint density at radius 3 is 2.71 bits per heavy atom. The Bertz CT molecular complexity index is 869. The first-order valence-electron chi connectivity index (χ1n) is 7.30. The maximum Gasteiger partial charge on any atom is 0.240 e. The van der Waals surface area contributed by atoms with Crippen LogP contribution in [0.15, 0.2) is 63.4 Å². The number of benzene rings is 1. The van der Waals surface area contributed by atoms with Crippen molar-refractivity contribution in [3.05, 3.63) is 75.3 Å². The van der Waals surface area contributed by atoms with Crippen LogP contribution in [0.25, 0.3) is 0 Å². The maximum absolute atomic E-state index is 12.7. The molecule has 0 spiro atoms. The second kappa shape index (κ2) is 7.11. The summed E-state index contributed by atoms with van der Waals surface area (Å²) in [4.78, 5) is 1.23. The van der Waals surface area contributed by atoms with Gasteiger partial charge in [-0.3, -0.25) is 0 Å². The fourth-order valence-electron chi connectivity index (χ4n) is 2.47. The van der Waals surface area contributed by atoms with Crippen molar-refractivity contribution in [2.45, 2.75) is 17.7 Å². The highest BCUT2D eigenvalue weighted by Crippen LogP contribution is 2.29. The Kier molecular flexibility index (Phi) is 5.10. The van der Waals surface area contributed by atoms with Gasteiger partial charge in [-0.05, 0) is 48.2 Å². The third-order valence-electron chi connectivity index (χ3n) is 3.76. The van der Waals surface area contributed by atoms with E-state index in [9.17, 15) is 8.42 Å². The number of thiophene rings is 1. The van der Waals surface area contributed by atoms with Crippen LogP contribution in [0.5, 0.6) is 0 Å². The van der Waals surface area contributed by atoms with Crippen LogP contribution in [0.4, 0.5) is 0 Å². The molecule has 3 rings (SSSR count). The Morgan fingerprint density at radius 1 is 1.21 bits per heavy atom. The van der Waals surface area contributed by atoms with Crippen LogP contribution in [0, 0.1) is 6.92 Å². The molecule has 1 aromatic carbocycles. The van der Waals surface area contributed by atoms with Gasteiger partial charge in [-0.1, -0.05) is 23.7 Å². The summed E-state index contributed by atoms with van der Waals surface area (Å²) < 4.78 is 33.5. The van der Waals surface area contributed by atoms with Crippen LogP contribution >= 0.6 is 22.9 Å². The number of nitrogens with one attached hydrogen (secondary N) is 1. The number of sulfonamides is 1. The molecule has 0 bridgehead atoms. The normalized spacial score (nSPS) is 13.1. The number of halogens is 1. The summed E-state index contributed by atoms with van der Waals surface area (Å²) in [6, 6.07) is 12.4. The predicted molar refractivity (Wildman–Crippen MR) is 96.2 cm³/mol. The minimum Gasteiger partial charge on any atom is -0.469 e. The van der Waals surface area contributed by atoms with E-state index in [1.807, 2.05) is 23.6 Å². The highest BCUT2D eigenvalue weighted by atomic mass is 35.5. The van der Waals surface area contributed by atoms with Gasteiger partial charge in [0.1, 0.15) is 5.76 Å². The highest BCUT2D eigenvalue weighted by Gasteiger charge is 2.23. The summed E-state index contributed by atoms with van der Waals surface area (Å²) in [5, 5.41) is 2.39. The van der Waals surface area contributed by atoms with Crippen molar-refractivity contribution in [3.63, 3.8) is 0 Å². The van der Waals surface area contributed by atoms with Crippen molar-refractivity contribution >= 4 is 33.0 Å². The van der Waals surface area contributed by atoms with Crippen LogP contribution in [0.3, 0.4) is 0 Å². The topological polar surface area (TPSA) is 59.3 Å². The summed E-state index contributed by atoms with van der Waals surface area (Å²) in [5.74, 6) is 0.553. The Labute approximate surface area is 150 Å². The molecule has 3 aromatic rings. The Morgan fingerprint density at radius 2 is 2.04 bits per heavy atom. The van der Waals surface area contributed by atoms with Gasteiger partial charge in [0.2, 0.25) is 10.0 Å². The first-order chi connectivity index (χ1) is 11.5. The molecule has 0 unspecified atom stereocenters. The lowest BCUT2D eigenvalue weighted by Gasteiger charge is -2.15. The van der Waals surface area contributed by atoms with Crippen molar-refractivity contribution < 1.29 is 12.8 Å². The second-order valence-electron chi connectivity index (χ2n) is 5.30. The zero-order valence-corrected chi connectivity index (χ0v) is 15.3. The van der Waals surface area contributed by atoms with E-state index < -0.39 is 10.0 Å². The van der Waals surface area contributed by atoms with Gasteiger partial charge in [-0.2, -0.15) is 0 Å². The fourth-order valence-corrected chi connectivity index (χ4v) is 4.85. The van der Waals surface area contributed by atoms with Crippen molar-refractivity contribution in [2.75, 3.05) is 6.54 Å². The maximum atomic E-state index is 12.7. The molecule has 0 fully saturated rings. The van der Waals surface area contributed by atoms with Crippen molar-refractivity contribution in [2.24, 2.45) is 0 Å². The number of rotatable bonds is 6. The van der Waals surface area contributed by atoms with Gasteiger partial charge in [0.15, 0.2) is 0 Å². The monoisotopic (exact) mass is 381 g/mol. The molecular weight excluding hydrogens is 366 g/mol. The highest BCUT2D eigenvalue weighted by molar-refractivity contribution is 7.89. The molecule has 4 nitrogen and oxygen atoms in total. The smallest absolute Gasteiger partial charge is 0.240 e. The van der Waals surface area contributed by atoms with Gasteiger partial charge < -0.3 is 4.42 Å². The van der Waals surface area contributed by atoms with Crippen molar-refractivity contribution in [1.82, 2.24) is 4.72 Å². The molecule has 0 aliphatic carbocycles. The molecule has 1 N–H and O–H groups in total. The molecule has 126 valence electrons. The summed E-state index contributed by atoms with van der Waals surface area (Å²) in [6.45, 7) is 1.91. The van der Waals surface area contributed by atoms with Gasteiger partial charge >= 0.3 is 0 Å². The lowest BCUT2D eigenvalue weighted by molar-refractivity contribution is 0.483. The summed E-state index contributed by atoms with van der Waals surface area (Å²) in [6.07, 6.45) is 1.59. The lowest BCUT2D eigenvalue weighted by atomic mass is 10.1. The van der Waals surface area contributed by atoms with E-state index in [0.717, 1.165) is 10.6 Å². The van der Waals surface area contributed by atoms with Crippen LogP contribution in [0.2, 0.25) is 5.02 Å². The first kappa shape index (κ1) is 17.2. The predicted octanol–water partition coefficient (Wildman–Crippen LogP) is 4.41. The summed E-state index contributed by atoms with van der Waals surface area (Å²) in [5.41, 5.74) is 0.539. The minimum absolute atomic E-state index is 0.172. The Hall–Kier alpha value is -1.60. The number of hydrogen-bond acceptors (Lipinski definition) is 4. The molecule has 0 saturated heterocycles. The SMILES string of the molecule is Cc1c(Cl)cccc1S(=O)(=O)NC[C@H](c1ccco1)c1cccs1. The number of hydrogen-bond donors (Lipinski definition) is 1. The largest absolute Gasteiger partial charge is 0.469 e. The molecule has 0 saturated carbocycles. The van der Waals surface area contributed by atoms with Gasteiger partial charge in [-0.15, -0.1) is 11.3 Å². The van der Waals surface area contributed by atoms with Crippen molar-refractivity contribution in [1.29, 1.82) is 0 Å². The van der Waals surface area contributed by atoms with Crippen LogP contribution in [0.1, 0.15) is 22.1 Å². The molecule has 7 heteroatoms. The van der Waals surface area contributed by atoms with E-state index in [1.165, 1.54) is 0 Å². The van der Waals surface area contributed by atoms with E-state index in [-0.39, 0.29) is 17.4 Å². The number of furan rings is 1. The average molecular weight is 382 g/mol. The molecular formula is C17H16ClNO3S2. The standard InChI is InChI=1S/C17H16ClNO3S2/c1-12-14(18)5-2-8-17(12)24(20,21)19-11-13(15-6-3-9-22-15)16-7-4-10-23-16/h2-10,13,19H,11H2,1H3/t13-/m1/s1. The summed E-state index contributed by atoms with van der Waals surface area (Å²) >= 11 is 7.60. The van der Waals surface area contributed by atoms with E-state index >= 15 is 0 Å². The first-order valence-corrected chi connectivity index (χ1v) is 10.0. The fraction of sp³-hybridized carbons (Fsp3) is 0.176. The van der Waals surface area contributed by atoms with Crippen LogP contribution in [-0.2, 0) is 10.0 Å². The molecule has 0 radical (unpaired) electrons. The van der Waals surface area contributed by atoms with E-state index in [2.05, 4.69) is 4.72 Å². The van der Waals surface area contributed by atoms with Gasteiger partial charge in [-0.25, -0.2) is 13.1 Å². The lowest BCUT2D eigenvalue weighted by Crippen LogP contribution is -2.29. The molecule has 24 heavy (non-hydrogen) atoms. The van der Waals surface area contributed by atoms with Gasteiger partial charge in [0.05, 0.1) is 17.1 Å². The van der Waals surface area contributed by atoms with E-state index in [0.29, 0.717) is 10.6 Å². The van der Waals surface area contributed by atoms with Gasteiger partial charge in [0.25, 0.3) is 0 Å². The molecule has 2 aromatic heterocycles. The Balaban J connectivity index is 1.86. The third kappa shape index (κ3) is 3.57. The van der Waals surface area contributed by atoms with Crippen LogP contribution in [-0.4, -0.2) is 15.0 Å². The molecule has 0 amide bonds. The average Bonchev–Trinajstić information content (AvgIpc) is 3.24.